The second-order valence-electron chi connectivity index (χ2n) is 3.91. The van der Waals surface area contributed by atoms with Crippen molar-refractivity contribution in [1.82, 2.24) is 4.98 Å². The molecule has 0 aliphatic rings. The summed E-state index contributed by atoms with van der Waals surface area (Å²) < 4.78 is 9.98. The number of halogens is 1. The molecule has 1 aromatic heterocycles. The molecule has 0 atom stereocenters. The summed E-state index contributed by atoms with van der Waals surface area (Å²) in [6, 6.07) is 5.39. The van der Waals surface area contributed by atoms with E-state index < -0.39 is 5.97 Å². The van der Waals surface area contributed by atoms with Crippen molar-refractivity contribution < 1.29 is 14.3 Å². The highest BCUT2D eigenvalue weighted by atomic mass is 35.5. The zero-order chi connectivity index (χ0) is 14.7. The molecule has 2 rings (SSSR count). The Morgan fingerprint density at radius 2 is 2.15 bits per heavy atom. The number of pyridine rings is 1. The standard InChI is InChI=1S/C14H14ClNO3S/c1-4-20-13-11(14(17)19-3)12(15)9-7-8(18-2)5-6-10(9)16-13/h5-7H,4H2,1-3H3. The normalized spacial score (nSPS) is 10.6. The molecule has 0 unspecified atom stereocenters. The van der Waals surface area contributed by atoms with Crippen LogP contribution >= 0.6 is 23.4 Å². The summed E-state index contributed by atoms with van der Waals surface area (Å²) in [5.74, 6) is 0.964. The van der Waals surface area contributed by atoms with Crippen LogP contribution < -0.4 is 4.74 Å². The predicted molar refractivity (Wildman–Crippen MR) is 81.0 cm³/mol. The van der Waals surface area contributed by atoms with Gasteiger partial charge in [0.05, 0.1) is 24.8 Å². The molecule has 0 amide bonds. The SMILES string of the molecule is CCSc1nc2ccc(OC)cc2c(Cl)c1C(=O)OC. The number of ether oxygens (including phenoxy) is 2. The van der Waals surface area contributed by atoms with E-state index in [1.165, 1.54) is 18.9 Å². The van der Waals surface area contributed by atoms with Crippen LogP contribution in [0.2, 0.25) is 5.02 Å². The molecule has 0 aliphatic heterocycles. The Labute approximate surface area is 126 Å². The monoisotopic (exact) mass is 311 g/mol. The van der Waals surface area contributed by atoms with Crippen molar-refractivity contribution in [1.29, 1.82) is 0 Å². The van der Waals surface area contributed by atoms with Crippen LogP contribution in [0.25, 0.3) is 10.9 Å². The number of rotatable bonds is 4. The molecule has 0 radical (unpaired) electrons. The Hall–Kier alpha value is -1.46. The second-order valence-corrected chi connectivity index (χ2v) is 5.54. The summed E-state index contributed by atoms with van der Waals surface area (Å²) in [6.07, 6.45) is 0. The van der Waals surface area contributed by atoms with Crippen LogP contribution in [0.4, 0.5) is 0 Å². The summed E-state index contributed by atoms with van der Waals surface area (Å²) in [5.41, 5.74) is 1.03. The number of nitrogens with zero attached hydrogens (tertiary/aromatic N) is 1. The third-order valence-electron chi connectivity index (χ3n) is 2.77. The van der Waals surface area contributed by atoms with Crippen LogP contribution in [0.5, 0.6) is 5.75 Å². The highest BCUT2D eigenvalue weighted by Gasteiger charge is 2.21. The minimum absolute atomic E-state index is 0.307. The first-order valence-corrected chi connectivity index (χ1v) is 7.37. The molecule has 0 saturated carbocycles. The Kier molecular flexibility index (Phi) is 4.73. The lowest BCUT2D eigenvalue weighted by molar-refractivity contribution is 0.0596. The van der Waals surface area contributed by atoms with E-state index in [0.29, 0.717) is 26.7 Å². The minimum atomic E-state index is -0.483. The van der Waals surface area contributed by atoms with Crippen LogP contribution in [0, 0.1) is 0 Å². The van der Waals surface area contributed by atoms with Crippen molar-refractivity contribution in [3.63, 3.8) is 0 Å². The van der Waals surface area contributed by atoms with Gasteiger partial charge in [0, 0.05) is 5.39 Å². The molecule has 1 aromatic carbocycles. The third kappa shape index (κ3) is 2.69. The molecule has 0 aliphatic carbocycles. The van der Waals surface area contributed by atoms with Gasteiger partial charge in [-0.25, -0.2) is 9.78 Å². The van der Waals surface area contributed by atoms with Crippen molar-refractivity contribution in [2.45, 2.75) is 11.9 Å². The van der Waals surface area contributed by atoms with E-state index in [-0.39, 0.29) is 0 Å². The zero-order valence-corrected chi connectivity index (χ0v) is 13.0. The minimum Gasteiger partial charge on any atom is -0.497 e. The lowest BCUT2D eigenvalue weighted by Gasteiger charge is -2.11. The van der Waals surface area contributed by atoms with Gasteiger partial charge in [0.2, 0.25) is 0 Å². The van der Waals surface area contributed by atoms with E-state index in [1.54, 1.807) is 13.2 Å². The number of fused-ring (bicyclic) bond motifs is 1. The molecule has 0 bridgehead atoms. The second kappa shape index (κ2) is 6.33. The van der Waals surface area contributed by atoms with Crippen molar-refractivity contribution in [2.75, 3.05) is 20.0 Å². The van der Waals surface area contributed by atoms with Gasteiger partial charge in [-0.2, -0.15) is 0 Å². The summed E-state index contributed by atoms with van der Waals surface area (Å²) in [5, 5.41) is 1.60. The molecule has 4 nitrogen and oxygen atoms in total. The van der Waals surface area contributed by atoms with Crippen LogP contribution in [0.1, 0.15) is 17.3 Å². The van der Waals surface area contributed by atoms with Crippen molar-refractivity contribution in [3.05, 3.63) is 28.8 Å². The van der Waals surface area contributed by atoms with Gasteiger partial charge in [-0.15, -0.1) is 11.8 Å². The van der Waals surface area contributed by atoms with Gasteiger partial charge in [-0.3, -0.25) is 0 Å². The molecule has 1 heterocycles. The van der Waals surface area contributed by atoms with Crippen LogP contribution in [-0.2, 0) is 4.74 Å². The van der Waals surface area contributed by atoms with E-state index in [2.05, 4.69) is 4.98 Å². The Morgan fingerprint density at radius 3 is 2.75 bits per heavy atom. The summed E-state index contributed by atoms with van der Waals surface area (Å²) in [6.45, 7) is 1.99. The molecule has 20 heavy (non-hydrogen) atoms. The molecule has 0 N–H and O–H groups in total. The van der Waals surface area contributed by atoms with Gasteiger partial charge >= 0.3 is 5.97 Å². The highest BCUT2D eigenvalue weighted by Crippen LogP contribution is 2.35. The van der Waals surface area contributed by atoms with Crippen LogP contribution in [0.3, 0.4) is 0 Å². The molecule has 0 saturated heterocycles. The molecule has 0 fully saturated rings. The number of carbonyl (C=O) groups excluding carboxylic acids is 1. The van der Waals surface area contributed by atoms with Gasteiger partial charge in [-0.1, -0.05) is 18.5 Å². The number of carbonyl (C=O) groups is 1. The Morgan fingerprint density at radius 1 is 1.40 bits per heavy atom. The lowest BCUT2D eigenvalue weighted by atomic mass is 10.1. The zero-order valence-electron chi connectivity index (χ0n) is 11.4. The largest absolute Gasteiger partial charge is 0.497 e. The van der Waals surface area contributed by atoms with E-state index in [0.717, 1.165) is 11.3 Å². The molecule has 2 aromatic rings. The number of methoxy groups -OCH3 is 2. The van der Waals surface area contributed by atoms with Crippen molar-refractivity contribution in [2.24, 2.45) is 0 Å². The highest BCUT2D eigenvalue weighted by molar-refractivity contribution is 7.99. The summed E-state index contributed by atoms with van der Waals surface area (Å²) in [4.78, 5) is 16.4. The van der Waals surface area contributed by atoms with E-state index in [9.17, 15) is 4.79 Å². The number of aromatic nitrogens is 1. The first kappa shape index (κ1) is 14.9. The van der Waals surface area contributed by atoms with Crippen molar-refractivity contribution >= 4 is 40.2 Å². The smallest absolute Gasteiger partial charge is 0.342 e. The van der Waals surface area contributed by atoms with Gasteiger partial charge in [0.25, 0.3) is 0 Å². The first-order valence-electron chi connectivity index (χ1n) is 6.00. The third-order valence-corrected chi connectivity index (χ3v) is 4.02. The number of thioether (sulfide) groups is 1. The van der Waals surface area contributed by atoms with Gasteiger partial charge in [-0.05, 0) is 24.0 Å². The maximum Gasteiger partial charge on any atom is 0.342 e. The number of hydrogen-bond donors (Lipinski definition) is 0. The topological polar surface area (TPSA) is 48.4 Å². The van der Waals surface area contributed by atoms with E-state index >= 15 is 0 Å². The van der Waals surface area contributed by atoms with Gasteiger partial charge in [0.15, 0.2) is 0 Å². The fourth-order valence-electron chi connectivity index (χ4n) is 1.83. The number of benzene rings is 1. The maximum atomic E-state index is 11.9. The fourth-order valence-corrected chi connectivity index (χ4v) is 2.97. The van der Waals surface area contributed by atoms with Gasteiger partial charge < -0.3 is 9.47 Å². The molecule has 0 spiro atoms. The number of hydrogen-bond acceptors (Lipinski definition) is 5. The fraction of sp³-hybridized carbons (Fsp3) is 0.286. The molecular formula is C14H14ClNO3S. The average Bonchev–Trinajstić information content (AvgIpc) is 2.47. The number of esters is 1. The maximum absolute atomic E-state index is 11.9. The molecule has 6 heteroatoms. The van der Waals surface area contributed by atoms with Crippen molar-refractivity contribution in [3.8, 4) is 5.75 Å². The molecular weight excluding hydrogens is 298 g/mol. The Bertz CT molecular complexity index is 660. The average molecular weight is 312 g/mol. The Balaban J connectivity index is 2.75. The lowest BCUT2D eigenvalue weighted by Crippen LogP contribution is -2.06. The van der Waals surface area contributed by atoms with Gasteiger partial charge in [0.1, 0.15) is 16.3 Å². The van der Waals surface area contributed by atoms with E-state index in [4.69, 9.17) is 21.1 Å². The quantitative estimate of drug-likeness (QED) is 0.635. The predicted octanol–water partition coefficient (Wildman–Crippen LogP) is 3.80. The summed E-state index contributed by atoms with van der Waals surface area (Å²) in [7, 11) is 2.90. The first-order chi connectivity index (χ1) is 9.62. The van der Waals surface area contributed by atoms with Crippen LogP contribution in [0.15, 0.2) is 23.2 Å². The summed E-state index contributed by atoms with van der Waals surface area (Å²) >= 11 is 7.83. The van der Waals surface area contributed by atoms with E-state index in [1.807, 2.05) is 19.1 Å². The molecule has 106 valence electrons. The van der Waals surface area contributed by atoms with Crippen LogP contribution in [-0.4, -0.2) is 30.9 Å².